The van der Waals surface area contributed by atoms with Gasteiger partial charge in [-0.05, 0) is 74.9 Å². The van der Waals surface area contributed by atoms with Gasteiger partial charge < -0.3 is 15.0 Å². The number of carbonyl (C=O) groups is 1. The van der Waals surface area contributed by atoms with E-state index in [4.69, 9.17) is 17.0 Å². The Kier molecular flexibility index (Phi) is 7.66. The van der Waals surface area contributed by atoms with E-state index in [-0.39, 0.29) is 5.91 Å². The first-order valence-electron chi connectivity index (χ1n) is 9.99. The van der Waals surface area contributed by atoms with Crippen molar-refractivity contribution in [2.45, 2.75) is 60.3 Å². The molecule has 1 saturated heterocycles. The first kappa shape index (κ1) is 21.7. The van der Waals surface area contributed by atoms with Crippen LogP contribution < -0.4 is 10.1 Å². The van der Waals surface area contributed by atoms with Crippen LogP contribution in [0.2, 0.25) is 0 Å². The monoisotopic (exact) mass is 390 g/mol. The number of ether oxygens (including phenoxy) is 1. The van der Waals surface area contributed by atoms with Crippen LogP contribution in [0, 0.1) is 25.2 Å². The maximum atomic E-state index is 12.7. The molecule has 1 aromatic carbocycles. The molecule has 27 heavy (non-hydrogen) atoms. The van der Waals surface area contributed by atoms with Gasteiger partial charge in [0.1, 0.15) is 5.75 Å². The maximum absolute atomic E-state index is 12.7. The number of piperidine rings is 1. The van der Waals surface area contributed by atoms with E-state index in [1.807, 2.05) is 13.8 Å². The van der Waals surface area contributed by atoms with E-state index in [1.165, 1.54) is 5.56 Å². The van der Waals surface area contributed by atoms with E-state index in [1.54, 1.807) is 0 Å². The molecule has 2 rings (SSSR count). The molecule has 0 radical (unpaired) electrons. The van der Waals surface area contributed by atoms with Crippen LogP contribution in [0.4, 0.5) is 0 Å². The second-order valence-electron chi connectivity index (χ2n) is 8.53. The zero-order valence-corrected chi connectivity index (χ0v) is 18.2. The number of carbonyl (C=O) groups excluding carboxylic acids is 1. The average Bonchev–Trinajstić information content (AvgIpc) is 2.62. The van der Waals surface area contributed by atoms with Crippen LogP contribution in [0.25, 0.3) is 0 Å². The second kappa shape index (κ2) is 9.54. The Morgan fingerprint density at radius 1 is 1.30 bits per heavy atom. The third-order valence-corrected chi connectivity index (χ3v) is 5.81. The summed E-state index contributed by atoms with van der Waals surface area (Å²) in [5, 5.41) is 3.53. The number of rotatable bonds is 6. The van der Waals surface area contributed by atoms with Crippen molar-refractivity contribution < 1.29 is 9.53 Å². The van der Waals surface area contributed by atoms with Crippen LogP contribution >= 0.6 is 12.2 Å². The number of nitrogens with zero attached hydrogens (tertiary/aromatic N) is 1. The van der Waals surface area contributed by atoms with Gasteiger partial charge in [-0.25, -0.2) is 0 Å². The van der Waals surface area contributed by atoms with Gasteiger partial charge in [-0.2, -0.15) is 0 Å². The molecule has 0 bridgehead atoms. The van der Waals surface area contributed by atoms with Crippen LogP contribution in [-0.2, 0) is 4.79 Å². The molecule has 1 aromatic rings. The molecular formula is C22H34N2O2S. The van der Waals surface area contributed by atoms with E-state index in [0.29, 0.717) is 11.7 Å². The van der Waals surface area contributed by atoms with Crippen LogP contribution in [0.15, 0.2) is 18.2 Å². The highest BCUT2D eigenvalue weighted by Crippen LogP contribution is 2.24. The summed E-state index contributed by atoms with van der Waals surface area (Å²) < 4.78 is 5.91. The Bertz CT molecular complexity index is 664. The number of benzene rings is 1. The van der Waals surface area contributed by atoms with Crippen molar-refractivity contribution in [2.75, 3.05) is 19.7 Å². The van der Waals surface area contributed by atoms with Crippen molar-refractivity contribution >= 4 is 23.2 Å². The zero-order chi connectivity index (χ0) is 20.0. The van der Waals surface area contributed by atoms with E-state index in [0.717, 1.165) is 56.0 Å². The number of hydrogen-bond donors (Lipinski definition) is 1. The molecule has 1 aliphatic heterocycles. The zero-order valence-electron chi connectivity index (χ0n) is 17.4. The van der Waals surface area contributed by atoms with Gasteiger partial charge in [0.15, 0.2) is 5.11 Å². The summed E-state index contributed by atoms with van der Waals surface area (Å²) in [6, 6.07) is 6.22. The van der Waals surface area contributed by atoms with Crippen LogP contribution in [-0.4, -0.2) is 35.6 Å². The predicted octanol–water partition coefficient (Wildman–Crippen LogP) is 4.62. The molecular weight excluding hydrogens is 356 g/mol. The van der Waals surface area contributed by atoms with Gasteiger partial charge in [-0.3, -0.25) is 4.79 Å². The van der Waals surface area contributed by atoms with E-state index in [2.05, 4.69) is 49.2 Å². The molecule has 150 valence electrons. The molecule has 0 atom stereocenters. The van der Waals surface area contributed by atoms with Crippen molar-refractivity contribution in [1.29, 1.82) is 0 Å². The lowest BCUT2D eigenvalue weighted by atomic mass is 9.87. The number of thiocarbonyl (C=S) groups is 1. The van der Waals surface area contributed by atoms with Gasteiger partial charge in [-0.1, -0.05) is 32.9 Å². The Balaban J connectivity index is 1.76. The van der Waals surface area contributed by atoms with Crippen molar-refractivity contribution in [3.05, 3.63) is 29.3 Å². The first-order valence-corrected chi connectivity index (χ1v) is 10.4. The van der Waals surface area contributed by atoms with Gasteiger partial charge in [0.25, 0.3) is 0 Å². The summed E-state index contributed by atoms with van der Waals surface area (Å²) in [5.41, 5.74) is 1.85. The summed E-state index contributed by atoms with van der Waals surface area (Å²) in [7, 11) is 0. The minimum absolute atomic E-state index is 0.00198. The third kappa shape index (κ3) is 6.49. The summed E-state index contributed by atoms with van der Waals surface area (Å²) in [5.74, 6) is 1.67. The molecule has 1 N–H and O–H groups in total. The molecule has 1 amide bonds. The average molecular weight is 391 g/mol. The predicted molar refractivity (Wildman–Crippen MR) is 115 cm³/mol. The molecule has 1 fully saturated rings. The first-order chi connectivity index (χ1) is 12.7. The van der Waals surface area contributed by atoms with E-state index < -0.39 is 5.41 Å². The third-order valence-electron chi connectivity index (χ3n) is 5.45. The van der Waals surface area contributed by atoms with Gasteiger partial charge in [0, 0.05) is 18.5 Å². The SMILES string of the molecule is Cc1ccc(C)c(OCCCC(C)(C)C(=O)NC(=S)N2CCC(C)CC2)c1. The second-order valence-corrected chi connectivity index (χ2v) is 8.92. The summed E-state index contributed by atoms with van der Waals surface area (Å²) in [6.45, 7) is 12.8. The molecule has 0 unspecified atom stereocenters. The number of nitrogens with one attached hydrogen (secondary N) is 1. The number of likely N-dealkylation sites (tertiary alicyclic amines) is 1. The lowest BCUT2D eigenvalue weighted by Gasteiger charge is -2.33. The molecule has 0 aromatic heterocycles. The number of amides is 1. The van der Waals surface area contributed by atoms with Crippen molar-refractivity contribution in [3.8, 4) is 5.75 Å². The van der Waals surface area contributed by atoms with Crippen molar-refractivity contribution in [1.82, 2.24) is 10.2 Å². The van der Waals surface area contributed by atoms with Gasteiger partial charge >= 0.3 is 0 Å². The highest BCUT2D eigenvalue weighted by Gasteiger charge is 2.29. The van der Waals surface area contributed by atoms with Crippen LogP contribution in [0.5, 0.6) is 5.75 Å². The van der Waals surface area contributed by atoms with Gasteiger partial charge in [0.2, 0.25) is 5.91 Å². The van der Waals surface area contributed by atoms with Crippen molar-refractivity contribution in [3.63, 3.8) is 0 Å². The van der Waals surface area contributed by atoms with Crippen LogP contribution in [0.1, 0.15) is 57.6 Å². The standard InChI is InChI=1S/C22H34N2O2S/c1-16-9-12-24(13-10-16)21(27)23-20(25)22(4,5)11-6-14-26-19-15-17(2)7-8-18(19)3/h7-8,15-16H,6,9-14H2,1-5H3,(H,23,25,27). The normalized spacial score (nSPS) is 15.5. The molecule has 0 aliphatic carbocycles. The Morgan fingerprint density at radius 2 is 1.96 bits per heavy atom. The Hall–Kier alpha value is -1.62. The number of hydrogen-bond acceptors (Lipinski definition) is 3. The molecule has 4 nitrogen and oxygen atoms in total. The van der Waals surface area contributed by atoms with E-state index >= 15 is 0 Å². The van der Waals surface area contributed by atoms with Crippen molar-refractivity contribution in [2.24, 2.45) is 11.3 Å². The molecule has 1 aliphatic rings. The summed E-state index contributed by atoms with van der Waals surface area (Å²) in [4.78, 5) is 14.8. The highest BCUT2D eigenvalue weighted by molar-refractivity contribution is 7.80. The van der Waals surface area contributed by atoms with E-state index in [9.17, 15) is 4.79 Å². The van der Waals surface area contributed by atoms with Gasteiger partial charge in [-0.15, -0.1) is 0 Å². The largest absolute Gasteiger partial charge is 0.493 e. The lowest BCUT2D eigenvalue weighted by molar-refractivity contribution is -0.128. The quantitative estimate of drug-likeness (QED) is 0.568. The minimum Gasteiger partial charge on any atom is -0.493 e. The lowest BCUT2D eigenvalue weighted by Crippen LogP contribution is -2.49. The molecule has 5 heteroatoms. The van der Waals surface area contributed by atoms with Crippen LogP contribution in [0.3, 0.4) is 0 Å². The summed E-state index contributed by atoms with van der Waals surface area (Å²) in [6.07, 6.45) is 3.84. The fourth-order valence-electron chi connectivity index (χ4n) is 3.23. The highest BCUT2D eigenvalue weighted by atomic mass is 32.1. The Labute approximate surface area is 169 Å². The minimum atomic E-state index is -0.474. The molecule has 1 heterocycles. The fraction of sp³-hybridized carbons (Fsp3) is 0.636. The van der Waals surface area contributed by atoms with Gasteiger partial charge in [0.05, 0.1) is 6.61 Å². The summed E-state index contributed by atoms with van der Waals surface area (Å²) >= 11 is 5.45. The smallest absolute Gasteiger partial charge is 0.231 e. The molecule has 0 spiro atoms. The maximum Gasteiger partial charge on any atom is 0.231 e. The number of aryl methyl sites for hydroxylation is 2. The Morgan fingerprint density at radius 3 is 2.63 bits per heavy atom. The fourth-order valence-corrected chi connectivity index (χ4v) is 3.50. The molecule has 0 saturated carbocycles. The topological polar surface area (TPSA) is 41.6 Å².